The van der Waals surface area contributed by atoms with Crippen molar-refractivity contribution in [1.29, 1.82) is 0 Å². The second-order valence-electron chi connectivity index (χ2n) is 5.62. The van der Waals surface area contributed by atoms with Gasteiger partial charge in [0, 0.05) is 5.56 Å². The standard InChI is InChI=1S/C19H18ClN3O3/c1-2-3-12-25-14-10-8-13(9-11-14)17-18(23-26-22-17)21-19(24)15-6-4-5-7-16(15)20/h4-11H,2-3,12H2,1H3,(H,21,23,24). The maximum atomic E-state index is 12.4. The number of hydrogen-bond acceptors (Lipinski definition) is 5. The van der Waals surface area contributed by atoms with Gasteiger partial charge in [-0.2, -0.15) is 0 Å². The third-order valence-corrected chi connectivity index (χ3v) is 4.06. The summed E-state index contributed by atoms with van der Waals surface area (Å²) in [5.74, 6) is 0.627. The van der Waals surface area contributed by atoms with Crippen LogP contribution in [0.1, 0.15) is 30.1 Å². The number of anilines is 1. The number of ether oxygens (including phenoxy) is 1. The first kappa shape index (κ1) is 17.9. The highest BCUT2D eigenvalue weighted by Crippen LogP contribution is 2.27. The summed E-state index contributed by atoms with van der Waals surface area (Å²) in [6.45, 7) is 2.79. The van der Waals surface area contributed by atoms with E-state index >= 15 is 0 Å². The zero-order valence-corrected chi connectivity index (χ0v) is 15.0. The minimum atomic E-state index is -0.382. The van der Waals surface area contributed by atoms with Crippen molar-refractivity contribution >= 4 is 23.3 Å². The molecule has 1 amide bonds. The predicted octanol–water partition coefficient (Wildman–Crippen LogP) is 4.82. The Labute approximate surface area is 156 Å². The highest BCUT2D eigenvalue weighted by atomic mass is 35.5. The fourth-order valence-electron chi connectivity index (χ4n) is 2.32. The summed E-state index contributed by atoms with van der Waals surface area (Å²) in [4.78, 5) is 12.4. The molecule has 0 unspecified atom stereocenters. The Morgan fingerprint density at radius 3 is 2.65 bits per heavy atom. The van der Waals surface area contributed by atoms with Crippen molar-refractivity contribution < 1.29 is 14.2 Å². The fraction of sp³-hybridized carbons (Fsp3) is 0.211. The second-order valence-corrected chi connectivity index (χ2v) is 6.03. The maximum absolute atomic E-state index is 12.4. The summed E-state index contributed by atoms with van der Waals surface area (Å²) >= 11 is 6.05. The molecule has 1 aromatic heterocycles. The third-order valence-electron chi connectivity index (χ3n) is 3.73. The molecule has 0 bridgehead atoms. The number of halogens is 1. The van der Waals surface area contributed by atoms with Gasteiger partial charge in [-0.25, -0.2) is 4.63 Å². The van der Waals surface area contributed by atoms with Gasteiger partial charge in [0.25, 0.3) is 5.91 Å². The van der Waals surface area contributed by atoms with E-state index in [0.717, 1.165) is 24.2 Å². The summed E-state index contributed by atoms with van der Waals surface area (Å²) in [5, 5.41) is 10.7. The van der Waals surface area contributed by atoms with Crippen LogP contribution in [-0.2, 0) is 0 Å². The number of rotatable bonds is 7. The number of carbonyl (C=O) groups excluding carboxylic acids is 1. The molecule has 0 aliphatic rings. The molecule has 0 atom stereocenters. The summed E-state index contributed by atoms with van der Waals surface area (Å²) in [7, 11) is 0. The summed E-state index contributed by atoms with van der Waals surface area (Å²) in [5.41, 5.74) is 1.54. The highest BCUT2D eigenvalue weighted by molar-refractivity contribution is 6.34. The molecule has 6 nitrogen and oxygen atoms in total. The molecule has 0 fully saturated rings. The number of unbranched alkanes of at least 4 members (excludes halogenated alkanes) is 1. The first-order chi connectivity index (χ1) is 12.7. The quantitative estimate of drug-likeness (QED) is 0.602. The molecule has 3 aromatic rings. The number of nitrogens with one attached hydrogen (secondary N) is 1. The zero-order chi connectivity index (χ0) is 18.4. The molecule has 134 valence electrons. The molecule has 1 N–H and O–H groups in total. The van der Waals surface area contributed by atoms with Gasteiger partial charge in [-0.3, -0.25) is 4.79 Å². The van der Waals surface area contributed by atoms with E-state index < -0.39 is 0 Å². The molecule has 26 heavy (non-hydrogen) atoms. The Balaban J connectivity index is 1.74. The second kappa shape index (κ2) is 8.49. The predicted molar refractivity (Wildman–Crippen MR) is 99.5 cm³/mol. The van der Waals surface area contributed by atoms with Crippen LogP contribution in [0.5, 0.6) is 5.75 Å². The summed E-state index contributed by atoms with van der Waals surface area (Å²) in [6, 6.07) is 14.1. The topological polar surface area (TPSA) is 77.2 Å². The van der Waals surface area contributed by atoms with Crippen LogP contribution >= 0.6 is 11.6 Å². The SMILES string of the molecule is CCCCOc1ccc(-c2nonc2NC(=O)c2ccccc2Cl)cc1. The highest BCUT2D eigenvalue weighted by Gasteiger charge is 2.17. The molecule has 1 heterocycles. The van der Waals surface area contributed by atoms with Crippen LogP contribution in [0.15, 0.2) is 53.2 Å². The Bertz CT molecular complexity index is 878. The molecular weight excluding hydrogens is 354 g/mol. The fourth-order valence-corrected chi connectivity index (χ4v) is 2.55. The van der Waals surface area contributed by atoms with E-state index in [1.807, 2.05) is 24.3 Å². The molecular formula is C19H18ClN3O3. The van der Waals surface area contributed by atoms with Gasteiger partial charge in [0.1, 0.15) is 5.75 Å². The van der Waals surface area contributed by atoms with Crippen molar-refractivity contribution in [3.05, 3.63) is 59.1 Å². The molecule has 0 saturated carbocycles. The third kappa shape index (κ3) is 4.21. The summed E-state index contributed by atoms with van der Waals surface area (Å²) in [6.07, 6.45) is 2.09. The van der Waals surface area contributed by atoms with Crippen LogP contribution in [0.4, 0.5) is 5.82 Å². The average molecular weight is 372 g/mol. The number of hydrogen-bond donors (Lipinski definition) is 1. The van der Waals surface area contributed by atoms with E-state index in [0.29, 0.717) is 22.9 Å². The van der Waals surface area contributed by atoms with Gasteiger partial charge in [0.15, 0.2) is 5.69 Å². The first-order valence-electron chi connectivity index (χ1n) is 8.30. The lowest BCUT2D eigenvalue weighted by atomic mass is 10.1. The maximum Gasteiger partial charge on any atom is 0.258 e. The Kier molecular flexibility index (Phi) is 5.86. The number of nitrogens with zero attached hydrogens (tertiary/aromatic N) is 2. The molecule has 0 spiro atoms. The van der Waals surface area contributed by atoms with Crippen molar-refractivity contribution in [1.82, 2.24) is 10.3 Å². The number of benzene rings is 2. The Morgan fingerprint density at radius 1 is 1.15 bits per heavy atom. The Morgan fingerprint density at radius 2 is 1.92 bits per heavy atom. The van der Waals surface area contributed by atoms with Crippen molar-refractivity contribution in [2.45, 2.75) is 19.8 Å². The lowest BCUT2D eigenvalue weighted by molar-refractivity contribution is 0.102. The first-order valence-corrected chi connectivity index (χ1v) is 8.68. The largest absolute Gasteiger partial charge is 0.494 e. The molecule has 3 rings (SSSR count). The van der Waals surface area contributed by atoms with Gasteiger partial charge in [-0.15, -0.1) is 0 Å². The van der Waals surface area contributed by atoms with Gasteiger partial charge in [-0.05, 0) is 53.1 Å². The monoisotopic (exact) mass is 371 g/mol. The van der Waals surface area contributed by atoms with Gasteiger partial charge in [-0.1, -0.05) is 37.1 Å². The molecule has 0 radical (unpaired) electrons. The zero-order valence-electron chi connectivity index (χ0n) is 14.2. The Hall–Kier alpha value is -2.86. The van der Waals surface area contributed by atoms with Gasteiger partial charge < -0.3 is 10.1 Å². The van der Waals surface area contributed by atoms with Crippen molar-refractivity contribution in [2.24, 2.45) is 0 Å². The van der Waals surface area contributed by atoms with E-state index in [1.165, 1.54) is 0 Å². The van der Waals surface area contributed by atoms with Crippen LogP contribution in [0.25, 0.3) is 11.3 Å². The normalized spacial score (nSPS) is 10.5. The molecule has 0 aliphatic carbocycles. The number of aromatic nitrogens is 2. The van der Waals surface area contributed by atoms with Crippen LogP contribution in [0, 0.1) is 0 Å². The van der Waals surface area contributed by atoms with Crippen LogP contribution in [-0.4, -0.2) is 22.8 Å². The average Bonchev–Trinajstić information content (AvgIpc) is 3.11. The molecule has 7 heteroatoms. The van der Waals surface area contributed by atoms with Crippen LogP contribution < -0.4 is 10.1 Å². The van der Waals surface area contributed by atoms with Gasteiger partial charge >= 0.3 is 0 Å². The lowest BCUT2D eigenvalue weighted by Crippen LogP contribution is -2.13. The van der Waals surface area contributed by atoms with E-state index in [4.69, 9.17) is 21.0 Å². The number of carbonyl (C=O) groups is 1. The van der Waals surface area contributed by atoms with Crippen molar-refractivity contribution in [3.63, 3.8) is 0 Å². The van der Waals surface area contributed by atoms with Crippen molar-refractivity contribution in [2.75, 3.05) is 11.9 Å². The number of amides is 1. The minimum Gasteiger partial charge on any atom is -0.494 e. The molecule has 2 aromatic carbocycles. The van der Waals surface area contributed by atoms with Gasteiger partial charge in [0.05, 0.1) is 17.2 Å². The van der Waals surface area contributed by atoms with Crippen molar-refractivity contribution in [3.8, 4) is 17.0 Å². The van der Waals surface area contributed by atoms with Crippen LogP contribution in [0.2, 0.25) is 5.02 Å². The molecule has 0 saturated heterocycles. The van der Waals surface area contributed by atoms with E-state index in [1.54, 1.807) is 24.3 Å². The summed E-state index contributed by atoms with van der Waals surface area (Å²) < 4.78 is 10.4. The lowest BCUT2D eigenvalue weighted by Gasteiger charge is -2.07. The van der Waals surface area contributed by atoms with Gasteiger partial charge in [0.2, 0.25) is 5.82 Å². The minimum absolute atomic E-state index is 0.231. The smallest absolute Gasteiger partial charge is 0.258 e. The van der Waals surface area contributed by atoms with E-state index in [-0.39, 0.29) is 11.7 Å². The molecule has 0 aliphatic heterocycles. The van der Waals surface area contributed by atoms with E-state index in [2.05, 4.69) is 22.6 Å². The van der Waals surface area contributed by atoms with E-state index in [9.17, 15) is 4.79 Å². The van der Waals surface area contributed by atoms with Crippen LogP contribution in [0.3, 0.4) is 0 Å².